The molecule has 2 aromatic rings. The molecule has 1 heterocycles. The van der Waals surface area contributed by atoms with E-state index in [2.05, 4.69) is 15.3 Å². The van der Waals surface area contributed by atoms with Crippen LogP contribution in [0.25, 0.3) is 0 Å². The van der Waals surface area contributed by atoms with Gasteiger partial charge in [0.05, 0.1) is 4.92 Å². The molecule has 0 atom stereocenters. The second-order valence-electron chi connectivity index (χ2n) is 7.44. The topological polar surface area (TPSA) is 133 Å². The maximum Gasteiger partial charge on any atom is 0.332 e. The number of nitrogens with zero attached hydrogens (tertiary/aromatic N) is 3. The first-order chi connectivity index (χ1) is 13.9. The van der Waals surface area contributed by atoms with Crippen molar-refractivity contribution in [3.05, 3.63) is 49.6 Å². The predicted molar refractivity (Wildman–Crippen MR) is 115 cm³/mol. The van der Waals surface area contributed by atoms with Gasteiger partial charge in [-0.25, -0.2) is 4.98 Å². The summed E-state index contributed by atoms with van der Waals surface area (Å²) in [6.07, 6.45) is 4.53. The van der Waals surface area contributed by atoms with Gasteiger partial charge in [0.1, 0.15) is 5.69 Å². The summed E-state index contributed by atoms with van der Waals surface area (Å²) in [5, 5.41) is 15.6. The van der Waals surface area contributed by atoms with Crippen molar-refractivity contribution in [2.75, 3.05) is 17.6 Å². The number of benzene rings is 1. The molecule has 10 heteroatoms. The number of hydrogen-bond donors (Lipinski definition) is 3. The average molecular weight is 439 g/mol. The first-order valence-corrected chi connectivity index (χ1v) is 10.3. The van der Waals surface area contributed by atoms with Crippen LogP contribution in [0, 0.1) is 22.0 Å². The molecule has 1 aromatic heterocycles. The van der Waals surface area contributed by atoms with Gasteiger partial charge >= 0.3 is 5.69 Å². The van der Waals surface area contributed by atoms with Crippen LogP contribution in [0.1, 0.15) is 36.9 Å². The summed E-state index contributed by atoms with van der Waals surface area (Å²) >= 11 is 12.0. The standard InChI is InChI=1S/C19H24Cl2N6O2/c20-14-5-13(6-15(21)8-14)10-24-19-25-16(17(27(28)29)18(23)26-19)7-11-1-3-12(9-22)4-2-11/h5-6,8,11-12H,1-4,7,9-10,22H2,(H3,23,24,25,26). The molecule has 0 spiro atoms. The van der Waals surface area contributed by atoms with Crippen molar-refractivity contribution >= 4 is 40.7 Å². The molecule has 1 aliphatic rings. The number of nitrogen functional groups attached to an aromatic ring is 1. The molecule has 0 bridgehead atoms. The molecule has 1 saturated carbocycles. The van der Waals surface area contributed by atoms with E-state index in [1.165, 1.54) is 0 Å². The highest BCUT2D eigenvalue weighted by Crippen LogP contribution is 2.34. The van der Waals surface area contributed by atoms with E-state index in [1.807, 2.05) is 0 Å². The van der Waals surface area contributed by atoms with Gasteiger partial charge in [-0.15, -0.1) is 0 Å². The molecule has 1 aromatic carbocycles. The third-order valence-electron chi connectivity index (χ3n) is 5.32. The molecule has 3 rings (SSSR count). The Bertz CT molecular complexity index is 867. The Kier molecular flexibility index (Phi) is 7.10. The van der Waals surface area contributed by atoms with Crippen molar-refractivity contribution in [1.82, 2.24) is 9.97 Å². The van der Waals surface area contributed by atoms with Gasteiger partial charge in [-0.2, -0.15) is 4.98 Å². The zero-order valence-corrected chi connectivity index (χ0v) is 17.4. The van der Waals surface area contributed by atoms with Crippen molar-refractivity contribution < 1.29 is 4.92 Å². The quantitative estimate of drug-likeness (QED) is 0.435. The fourth-order valence-electron chi connectivity index (χ4n) is 3.78. The number of nitrogens with one attached hydrogen (secondary N) is 1. The Morgan fingerprint density at radius 3 is 2.31 bits per heavy atom. The SMILES string of the molecule is NCC1CCC(Cc2nc(NCc3cc(Cl)cc(Cl)c3)nc(N)c2[N+](=O)[O-])CC1. The first-order valence-electron chi connectivity index (χ1n) is 9.55. The van der Waals surface area contributed by atoms with Crippen LogP contribution < -0.4 is 16.8 Å². The maximum absolute atomic E-state index is 11.5. The van der Waals surface area contributed by atoms with Crippen molar-refractivity contribution in [3.8, 4) is 0 Å². The average Bonchev–Trinajstić information content (AvgIpc) is 2.65. The number of nitrogens with two attached hydrogens (primary N) is 2. The summed E-state index contributed by atoms with van der Waals surface area (Å²) in [6.45, 7) is 1.05. The van der Waals surface area contributed by atoms with Crippen molar-refractivity contribution in [2.45, 2.75) is 38.6 Å². The lowest BCUT2D eigenvalue weighted by Crippen LogP contribution is -2.23. The van der Waals surface area contributed by atoms with Gasteiger partial charge in [-0.3, -0.25) is 10.1 Å². The highest BCUT2D eigenvalue weighted by Gasteiger charge is 2.27. The second-order valence-corrected chi connectivity index (χ2v) is 8.32. The molecular formula is C19H24Cl2N6O2. The Balaban J connectivity index is 1.77. The lowest BCUT2D eigenvalue weighted by Gasteiger charge is -2.27. The maximum atomic E-state index is 11.5. The van der Waals surface area contributed by atoms with Crippen LogP contribution in [0.3, 0.4) is 0 Å². The van der Waals surface area contributed by atoms with Crippen molar-refractivity contribution in [3.63, 3.8) is 0 Å². The molecule has 1 fully saturated rings. The Hall–Kier alpha value is -2.16. The summed E-state index contributed by atoms with van der Waals surface area (Å²) in [7, 11) is 0. The lowest BCUT2D eigenvalue weighted by atomic mass is 9.80. The summed E-state index contributed by atoms with van der Waals surface area (Å²) in [6, 6.07) is 5.18. The number of nitro groups is 1. The van der Waals surface area contributed by atoms with E-state index >= 15 is 0 Å². The summed E-state index contributed by atoms with van der Waals surface area (Å²) in [5.41, 5.74) is 12.6. The molecule has 156 valence electrons. The van der Waals surface area contributed by atoms with Crippen molar-refractivity contribution in [1.29, 1.82) is 0 Å². The Labute approximate surface area is 179 Å². The van der Waals surface area contributed by atoms with Gasteiger partial charge < -0.3 is 16.8 Å². The molecule has 0 radical (unpaired) electrons. The van der Waals surface area contributed by atoms with Gasteiger partial charge in [0.25, 0.3) is 0 Å². The third kappa shape index (κ3) is 5.68. The van der Waals surface area contributed by atoms with E-state index in [0.29, 0.717) is 47.1 Å². The van der Waals surface area contributed by atoms with Crippen LogP contribution in [-0.2, 0) is 13.0 Å². The fourth-order valence-corrected chi connectivity index (χ4v) is 4.35. The van der Waals surface area contributed by atoms with E-state index in [4.69, 9.17) is 34.7 Å². The van der Waals surface area contributed by atoms with Crippen LogP contribution in [-0.4, -0.2) is 21.4 Å². The minimum Gasteiger partial charge on any atom is -0.378 e. The van der Waals surface area contributed by atoms with E-state index < -0.39 is 4.92 Å². The fraction of sp³-hybridized carbons (Fsp3) is 0.474. The zero-order valence-electron chi connectivity index (χ0n) is 15.9. The second kappa shape index (κ2) is 9.56. The first kappa shape index (κ1) is 21.5. The van der Waals surface area contributed by atoms with Gasteiger partial charge in [0.15, 0.2) is 0 Å². The molecular weight excluding hydrogens is 415 g/mol. The smallest absolute Gasteiger partial charge is 0.332 e. The number of halogens is 2. The van der Waals surface area contributed by atoms with Crippen LogP contribution in [0.5, 0.6) is 0 Å². The predicted octanol–water partition coefficient (Wildman–Crippen LogP) is 4.19. The van der Waals surface area contributed by atoms with E-state index in [0.717, 1.165) is 31.2 Å². The van der Waals surface area contributed by atoms with Crippen LogP contribution >= 0.6 is 23.2 Å². The Morgan fingerprint density at radius 2 is 1.72 bits per heavy atom. The molecule has 0 saturated heterocycles. The molecule has 5 N–H and O–H groups in total. The monoisotopic (exact) mass is 438 g/mol. The molecule has 1 aliphatic carbocycles. The van der Waals surface area contributed by atoms with Gasteiger partial charge in [0.2, 0.25) is 11.8 Å². The largest absolute Gasteiger partial charge is 0.378 e. The van der Waals surface area contributed by atoms with E-state index in [9.17, 15) is 10.1 Å². The summed E-state index contributed by atoms with van der Waals surface area (Å²) < 4.78 is 0. The minimum atomic E-state index is -0.503. The third-order valence-corrected chi connectivity index (χ3v) is 5.76. The highest BCUT2D eigenvalue weighted by atomic mass is 35.5. The number of aromatic nitrogens is 2. The number of anilines is 2. The summed E-state index contributed by atoms with van der Waals surface area (Å²) in [5.74, 6) is 0.973. The molecule has 8 nitrogen and oxygen atoms in total. The molecule has 0 unspecified atom stereocenters. The van der Waals surface area contributed by atoms with Crippen molar-refractivity contribution in [2.24, 2.45) is 17.6 Å². The number of hydrogen-bond acceptors (Lipinski definition) is 7. The molecule has 0 amide bonds. The zero-order chi connectivity index (χ0) is 21.0. The molecule has 0 aliphatic heterocycles. The van der Waals surface area contributed by atoms with Gasteiger partial charge in [0, 0.05) is 16.6 Å². The van der Waals surface area contributed by atoms with E-state index in [-0.39, 0.29) is 17.5 Å². The van der Waals surface area contributed by atoms with E-state index in [1.54, 1.807) is 18.2 Å². The van der Waals surface area contributed by atoms with Crippen LogP contribution in [0.4, 0.5) is 17.5 Å². The Morgan fingerprint density at radius 1 is 1.10 bits per heavy atom. The van der Waals surface area contributed by atoms with Gasteiger partial charge in [-0.1, -0.05) is 23.2 Å². The minimum absolute atomic E-state index is 0.137. The lowest BCUT2D eigenvalue weighted by molar-refractivity contribution is -0.385. The number of rotatable bonds is 7. The van der Waals surface area contributed by atoms with Crippen LogP contribution in [0.2, 0.25) is 10.0 Å². The van der Waals surface area contributed by atoms with Gasteiger partial charge in [-0.05, 0) is 74.2 Å². The molecule has 29 heavy (non-hydrogen) atoms. The normalized spacial score (nSPS) is 19.1. The van der Waals surface area contributed by atoms with Crippen LogP contribution in [0.15, 0.2) is 18.2 Å². The highest BCUT2D eigenvalue weighted by molar-refractivity contribution is 6.34. The summed E-state index contributed by atoms with van der Waals surface area (Å²) in [4.78, 5) is 19.5.